The Balaban J connectivity index is 1.62. The van der Waals surface area contributed by atoms with Crippen LogP contribution in [0, 0.1) is 17.3 Å². The normalized spacial score (nSPS) is 14.8. The van der Waals surface area contributed by atoms with E-state index in [9.17, 15) is 4.79 Å². The van der Waals surface area contributed by atoms with Crippen molar-refractivity contribution >= 4 is 28.9 Å². The second-order valence-corrected chi connectivity index (χ2v) is 8.51. The zero-order valence-corrected chi connectivity index (χ0v) is 17.7. The number of carbonyl (C=O) groups is 1. The lowest BCUT2D eigenvalue weighted by Gasteiger charge is -2.22. The Kier molecular flexibility index (Phi) is 5.60. The van der Waals surface area contributed by atoms with Gasteiger partial charge < -0.3 is 5.11 Å². The summed E-state index contributed by atoms with van der Waals surface area (Å²) in [5.74, 6) is 5.84. The van der Waals surface area contributed by atoms with Gasteiger partial charge in [0.05, 0.1) is 5.56 Å². The quantitative estimate of drug-likeness (QED) is 0.378. The summed E-state index contributed by atoms with van der Waals surface area (Å²) in [6.07, 6.45) is 11.4. The third kappa shape index (κ3) is 5.02. The maximum absolute atomic E-state index is 11.0. The highest BCUT2D eigenvalue weighted by molar-refractivity contribution is 5.91. The summed E-state index contributed by atoms with van der Waals surface area (Å²) in [6.45, 7) is 4.45. The van der Waals surface area contributed by atoms with Crippen LogP contribution in [0.15, 0.2) is 84.5 Å². The van der Waals surface area contributed by atoms with Gasteiger partial charge in [-0.1, -0.05) is 92.5 Å². The Bertz CT molecular complexity index is 1290. The molecular weight excluding hydrogens is 380 g/mol. The predicted octanol–water partition coefficient (Wildman–Crippen LogP) is 6.97. The molecule has 0 unspecified atom stereocenters. The highest BCUT2D eigenvalue weighted by atomic mass is 16.4. The molecule has 31 heavy (non-hydrogen) atoms. The van der Waals surface area contributed by atoms with Gasteiger partial charge in [-0.3, -0.25) is 0 Å². The van der Waals surface area contributed by atoms with Crippen molar-refractivity contribution in [3.63, 3.8) is 0 Å². The number of fused-ring (bicyclic) bond motifs is 1. The van der Waals surface area contributed by atoms with Crippen molar-refractivity contribution in [1.82, 2.24) is 0 Å². The van der Waals surface area contributed by atoms with Crippen LogP contribution in [0.2, 0.25) is 0 Å². The monoisotopic (exact) mass is 404 g/mol. The zero-order chi connectivity index (χ0) is 21.8. The lowest BCUT2D eigenvalue weighted by atomic mass is 9.82. The number of carboxylic acid groups (broad SMARTS) is 1. The molecule has 0 saturated carbocycles. The van der Waals surface area contributed by atoms with Gasteiger partial charge in [0.25, 0.3) is 0 Å². The molecule has 1 aliphatic carbocycles. The van der Waals surface area contributed by atoms with E-state index >= 15 is 0 Å². The summed E-state index contributed by atoms with van der Waals surface area (Å²) in [5, 5.41) is 11.3. The highest BCUT2D eigenvalue weighted by Gasteiger charge is 2.17. The van der Waals surface area contributed by atoms with Crippen LogP contribution in [-0.2, 0) is 0 Å². The first-order valence-corrected chi connectivity index (χ1v) is 10.3. The number of carboxylic acids is 1. The van der Waals surface area contributed by atoms with Crippen LogP contribution in [0.1, 0.15) is 47.3 Å². The van der Waals surface area contributed by atoms with Gasteiger partial charge in [-0.05, 0) is 58.0 Å². The van der Waals surface area contributed by atoms with E-state index in [0.717, 1.165) is 39.5 Å². The van der Waals surface area contributed by atoms with E-state index in [4.69, 9.17) is 5.11 Å². The Morgan fingerprint density at radius 2 is 1.71 bits per heavy atom. The minimum absolute atomic E-state index is 0.151. The summed E-state index contributed by atoms with van der Waals surface area (Å²) in [5.41, 5.74) is 4.65. The first-order chi connectivity index (χ1) is 14.9. The topological polar surface area (TPSA) is 37.3 Å². The van der Waals surface area contributed by atoms with E-state index in [-0.39, 0.29) is 11.0 Å². The molecule has 4 rings (SSSR count). The molecule has 152 valence electrons. The van der Waals surface area contributed by atoms with Crippen molar-refractivity contribution in [2.24, 2.45) is 5.41 Å². The third-order valence-corrected chi connectivity index (χ3v) is 5.38. The van der Waals surface area contributed by atoms with Crippen LogP contribution in [0.4, 0.5) is 0 Å². The second-order valence-electron chi connectivity index (χ2n) is 8.51. The van der Waals surface area contributed by atoms with E-state index in [2.05, 4.69) is 74.2 Å². The Morgan fingerprint density at radius 1 is 0.968 bits per heavy atom. The van der Waals surface area contributed by atoms with Gasteiger partial charge in [0, 0.05) is 11.1 Å². The molecule has 0 amide bonds. The number of hydrogen-bond donors (Lipinski definition) is 1. The fourth-order valence-electron chi connectivity index (χ4n) is 3.70. The molecule has 3 aromatic rings. The molecule has 0 atom stereocenters. The van der Waals surface area contributed by atoms with Crippen molar-refractivity contribution in [2.45, 2.75) is 20.3 Å². The average molecular weight is 405 g/mol. The lowest BCUT2D eigenvalue weighted by molar-refractivity contribution is 0.0697. The van der Waals surface area contributed by atoms with Gasteiger partial charge in [0.1, 0.15) is 0 Å². The van der Waals surface area contributed by atoms with Crippen molar-refractivity contribution in [3.05, 3.63) is 107 Å². The van der Waals surface area contributed by atoms with Gasteiger partial charge in [0.2, 0.25) is 0 Å². The number of hydrogen-bond acceptors (Lipinski definition) is 1. The summed E-state index contributed by atoms with van der Waals surface area (Å²) < 4.78 is 0. The fraction of sp³-hybridized carbons (Fsp3) is 0.138. The molecule has 1 aliphatic rings. The Hall–Kier alpha value is -3.83. The fourth-order valence-corrected chi connectivity index (χ4v) is 3.70. The molecule has 0 spiro atoms. The molecule has 0 aromatic heterocycles. The van der Waals surface area contributed by atoms with Crippen LogP contribution in [0.3, 0.4) is 0 Å². The molecule has 0 radical (unpaired) electrons. The Morgan fingerprint density at radius 3 is 2.45 bits per heavy atom. The van der Waals surface area contributed by atoms with E-state index < -0.39 is 5.97 Å². The van der Waals surface area contributed by atoms with Crippen LogP contribution < -0.4 is 0 Å². The Labute approximate surface area is 183 Å². The molecule has 1 N–H and O–H groups in total. The number of benzene rings is 3. The second kappa shape index (κ2) is 8.50. The number of allylic oxidation sites excluding steroid dienone is 4. The van der Waals surface area contributed by atoms with Crippen LogP contribution in [0.5, 0.6) is 0 Å². The SMILES string of the molecule is CC1(C)C=CC=C(C#Cc2cccc3ccc(C=Cc4ccc(C(=O)O)cc4)cc23)C1. The van der Waals surface area contributed by atoms with Crippen LogP contribution in [-0.4, -0.2) is 11.1 Å². The summed E-state index contributed by atoms with van der Waals surface area (Å²) in [6, 6.07) is 19.4. The van der Waals surface area contributed by atoms with E-state index in [0.29, 0.717) is 0 Å². The molecule has 2 heteroatoms. The molecule has 0 saturated heterocycles. The molecular formula is C29H24O2. The third-order valence-electron chi connectivity index (χ3n) is 5.38. The largest absolute Gasteiger partial charge is 0.478 e. The maximum Gasteiger partial charge on any atom is 0.335 e. The molecule has 2 nitrogen and oxygen atoms in total. The molecule has 0 heterocycles. The van der Waals surface area contributed by atoms with E-state index in [1.165, 1.54) is 0 Å². The van der Waals surface area contributed by atoms with E-state index in [1.54, 1.807) is 12.1 Å². The first kappa shape index (κ1) is 20.4. The summed E-state index contributed by atoms with van der Waals surface area (Å²) in [7, 11) is 0. The van der Waals surface area contributed by atoms with Crippen molar-refractivity contribution in [1.29, 1.82) is 0 Å². The maximum atomic E-state index is 11.0. The highest BCUT2D eigenvalue weighted by Crippen LogP contribution is 2.30. The molecule has 3 aromatic carbocycles. The minimum atomic E-state index is -0.915. The van der Waals surface area contributed by atoms with Gasteiger partial charge in [0.15, 0.2) is 0 Å². The standard InChI is InChI=1S/C29H24O2/c1-29(2)18-4-5-23(20-29)13-15-25-7-3-6-24-14-12-22(19-27(24)25)9-8-21-10-16-26(17-11-21)28(30)31/h3-12,14,16-19H,20H2,1-2H3,(H,30,31). The molecule has 0 fully saturated rings. The van der Waals surface area contributed by atoms with Crippen LogP contribution in [0.25, 0.3) is 22.9 Å². The van der Waals surface area contributed by atoms with Crippen LogP contribution >= 0.6 is 0 Å². The average Bonchev–Trinajstić information content (AvgIpc) is 2.75. The number of rotatable bonds is 3. The first-order valence-electron chi connectivity index (χ1n) is 10.3. The predicted molar refractivity (Wildman–Crippen MR) is 129 cm³/mol. The summed E-state index contributed by atoms with van der Waals surface area (Å²) >= 11 is 0. The van der Waals surface area contributed by atoms with E-state index in [1.807, 2.05) is 30.4 Å². The van der Waals surface area contributed by atoms with Gasteiger partial charge in [-0.15, -0.1) is 0 Å². The minimum Gasteiger partial charge on any atom is -0.478 e. The summed E-state index contributed by atoms with van der Waals surface area (Å²) in [4.78, 5) is 11.0. The van der Waals surface area contributed by atoms with Crippen molar-refractivity contribution < 1.29 is 9.90 Å². The molecule has 0 aliphatic heterocycles. The molecule has 0 bridgehead atoms. The lowest BCUT2D eigenvalue weighted by Crippen LogP contribution is -2.10. The number of aromatic carboxylic acids is 1. The smallest absolute Gasteiger partial charge is 0.335 e. The zero-order valence-electron chi connectivity index (χ0n) is 17.7. The van der Waals surface area contributed by atoms with Gasteiger partial charge in [-0.25, -0.2) is 4.79 Å². The van der Waals surface area contributed by atoms with Gasteiger partial charge >= 0.3 is 5.97 Å². The van der Waals surface area contributed by atoms with Crippen molar-refractivity contribution in [2.75, 3.05) is 0 Å². The van der Waals surface area contributed by atoms with Crippen molar-refractivity contribution in [3.8, 4) is 11.8 Å². The van der Waals surface area contributed by atoms with Gasteiger partial charge in [-0.2, -0.15) is 0 Å².